The van der Waals surface area contributed by atoms with E-state index in [1.54, 1.807) is 6.92 Å². The number of esters is 1. The molecule has 0 aliphatic rings. The van der Waals surface area contributed by atoms with E-state index in [0.29, 0.717) is 6.61 Å². The van der Waals surface area contributed by atoms with E-state index < -0.39 is 12.6 Å². The van der Waals surface area contributed by atoms with Gasteiger partial charge in [0.2, 0.25) is 0 Å². The molecule has 0 aliphatic heterocycles. The van der Waals surface area contributed by atoms with E-state index in [2.05, 4.69) is 4.74 Å². The quantitative estimate of drug-likeness (QED) is 0.702. The van der Waals surface area contributed by atoms with Gasteiger partial charge in [0, 0.05) is 21.1 Å². The Morgan fingerprint density at radius 3 is 2.38 bits per heavy atom. The predicted molar refractivity (Wildman–Crippen MR) is 23.7 cm³/mol. The van der Waals surface area contributed by atoms with Crippen molar-refractivity contribution in [3.05, 3.63) is 0 Å². The van der Waals surface area contributed by atoms with Crippen LogP contribution < -0.4 is 0 Å². The van der Waals surface area contributed by atoms with Crippen molar-refractivity contribution in [2.45, 2.75) is 6.92 Å². The summed E-state index contributed by atoms with van der Waals surface area (Å²) in [7, 11) is 0. The molecule has 0 aromatic carbocycles. The summed E-state index contributed by atoms with van der Waals surface area (Å²) < 4.78 is 4.30. The molecule has 0 saturated carbocycles. The number of aliphatic hydroxyl groups excluding tert-OH is 1. The Kier molecular flexibility index (Phi) is 9.78. The number of carbonyl (C=O) groups is 1. The number of rotatable bonds is 2. The van der Waals surface area contributed by atoms with Crippen molar-refractivity contribution in [2.24, 2.45) is 0 Å². The summed E-state index contributed by atoms with van der Waals surface area (Å²) in [5, 5.41) is 7.99. The Hall–Kier alpha value is 0.118. The van der Waals surface area contributed by atoms with Gasteiger partial charge in [-0.2, -0.15) is 0 Å². The van der Waals surface area contributed by atoms with Gasteiger partial charge in [0.05, 0.1) is 6.61 Å². The van der Waals surface area contributed by atoms with Gasteiger partial charge in [0.25, 0.3) is 0 Å². The van der Waals surface area contributed by atoms with Gasteiger partial charge in [-0.25, -0.2) is 4.79 Å². The van der Waals surface area contributed by atoms with Gasteiger partial charge in [-0.3, -0.25) is 0 Å². The molecule has 0 radical (unpaired) electrons. The largest absolute Gasteiger partial charge is 0.464 e. The molecule has 8 heavy (non-hydrogen) atoms. The summed E-state index contributed by atoms with van der Waals surface area (Å²) in [5.74, 6) is -0.567. The topological polar surface area (TPSA) is 46.5 Å². The molecular weight excluding hydrogens is 291 g/mol. The Morgan fingerprint density at radius 2 is 2.25 bits per heavy atom. The van der Waals surface area contributed by atoms with Crippen molar-refractivity contribution in [3.8, 4) is 0 Å². The van der Waals surface area contributed by atoms with E-state index in [-0.39, 0.29) is 21.1 Å². The zero-order valence-electron chi connectivity index (χ0n) is 4.49. The van der Waals surface area contributed by atoms with Gasteiger partial charge in [0.15, 0.2) is 0 Å². The Morgan fingerprint density at radius 1 is 1.75 bits per heavy atom. The molecule has 0 aromatic heterocycles. The first-order valence-electron chi connectivity index (χ1n) is 2.07. The van der Waals surface area contributed by atoms with E-state index in [9.17, 15) is 4.79 Å². The van der Waals surface area contributed by atoms with Gasteiger partial charge < -0.3 is 9.84 Å². The fourth-order valence-corrected chi connectivity index (χ4v) is 0.207. The van der Waals surface area contributed by atoms with E-state index >= 15 is 0 Å². The van der Waals surface area contributed by atoms with Gasteiger partial charge in [-0.1, -0.05) is 0 Å². The number of hydrogen-bond acceptors (Lipinski definition) is 3. The second-order valence-corrected chi connectivity index (χ2v) is 0.963. The smallest absolute Gasteiger partial charge is 0.331 e. The van der Waals surface area contributed by atoms with Crippen LogP contribution in [0.4, 0.5) is 0 Å². The van der Waals surface area contributed by atoms with Crippen LogP contribution >= 0.6 is 0 Å². The molecule has 0 amide bonds. The fraction of sp³-hybridized carbons (Fsp3) is 0.750. The van der Waals surface area contributed by atoms with Crippen LogP contribution in [0.3, 0.4) is 0 Å². The van der Waals surface area contributed by atoms with Gasteiger partial charge in [0.1, 0.15) is 6.61 Å². The van der Waals surface area contributed by atoms with Crippen LogP contribution in [0.15, 0.2) is 0 Å². The number of ether oxygens (including phenoxy) is 1. The van der Waals surface area contributed by atoms with Gasteiger partial charge >= 0.3 is 5.97 Å². The van der Waals surface area contributed by atoms with Gasteiger partial charge in [-0.05, 0) is 6.92 Å². The zero-order chi connectivity index (χ0) is 5.70. The maximum Gasteiger partial charge on any atom is 0.331 e. The molecule has 52 valence electrons. The maximum atomic E-state index is 9.94. The molecule has 0 saturated heterocycles. The van der Waals surface area contributed by atoms with E-state index in [1.807, 2.05) is 0 Å². The molecule has 0 atom stereocenters. The number of hydrogen-bond donors (Lipinski definition) is 1. The van der Waals surface area contributed by atoms with E-state index in [1.165, 1.54) is 0 Å². The van der Waals surface area contributed by atoms with Crippen molar-refractivity contribution in [3.63, 3.8) is 0 Å². The van der Waals surface area contributed by atoms with Crippen molar-refractivity contribution in [2.75, 3.05) is 13.2 Å². The minimum atomic E-state index is -0.567. The molecule has 0 heterocycles. The van der Waals surface area contributed by atoms with Crippen LogP contribution in [0.1, 0.15) is 6.92 Å². The zero-order valence-corrected chi connectivity index (χ0v) is 6.77. The average Bonchev–Trinajstić information content (AvgIpc) is 1.68. The van der Waals surface area contributed by atoms with E-state index in [4.69, 9.17) is 5.11 Å². The number of aliphatic hydroxyl groups is 1. The van der Waals surface area contributed by atoms with Crippen molar-refractivity contribution in [1.29, 1.82) is 0 Å². The molecule has 0 fully saturated rings. The molecule has 1 N–H and O–H groups in total. The predicted octanol–water partition coefficient (Wildman–Crippen LogP) is -0.461. The molecular formula is C4H8O3Pt. The summed E-state index contributed by atoms with van der Waals surface area (Å²) in [4.78, 5) is 9.94. The maximum absolute atomic E-state index is 9.94. The van der Waals surface area contributed by atoms with E-state index in [0.717, 1.165) is 0 Å². The summed E-state index contributed by atoms with van der Waals surface area (Å²) in [6.45, 7) is 1.50. The second kappa shape index (κ2) is 7.12. The Balaban J connectivity index is 0. The summed E-state index contributed by atoms with van der Waals surface area (Å²) in [6, 6.07) is 0. The van der Waals surface area contributed by atoms with Crippen molar-refractivity contribution >= 4 is 5.97 Å². The summed E-state index contributed by atoms with van der Waals surface area (Å²) in [6.07, 6.45) is 0. The average molecular weight is 299 g/mol. The minimum absolute atomic E-state index is 0. The molecule has 0 bridgehead atoms. The third kappa shape index (κ3) is 6.12. The SMILES string of the molecule is CCOC(=O)CO.[Pt]. The Bertz CT molecular complexity index is 64.3. The molecule has 0 aromatic rings. The molecule has 0 rings (SSSR count). The van der Waals surface area contributed by atoms with Crippen LogP contribution in [0, 0.1) is 0 Å². The van der Waals surface area contributed by atoms with Gasteiger partial charge in [-0.15, -0.1) is 0 Å². The van der Waals surface area contributed by atoms with Crippen LogP contribution in [-0.2, 0) is 30.6 Å². The monoisotopic (exact) mass is 299 g/mol. The standard InChI is InChI=1S/C4H8O3.Pt/c1-2-7-4(6)3-5;/h5H,2-3H2,1H3;. The first kappa shape index (κ1) is 11.0. The van der Waals surface area contributed by atoms with Crippen LogP contribution in [0.2, 0.25) is 0 Å². The molecule has 0 aliphatic carbocycles. The normalized spacial score (nSPS) is 7.25. The third-order valence-electron chi connectivity index (χ3n) is 0.434. The first-order valence-corrected chi connectivity index (χ1v) is 2.07. The minimum Gasteiger partial charge on any atom is -0.464 e. The fourth-order valence-electron chi connectivity index (χ4n) is 0.207. The van der Waals surface area contributed by atoms with Crippen LogP contribution in [0.25, 0.3) is 0 Å². The first-order chi connectivity index (χ1) is 3.31. The van der Waals surface area contributed by atoms with Crippen LogP contribution in [-0.4, -0.2) is 24.3 Å². The van der Waals surface area contributed by atoms with Crippen molar-refractivity contribution in [1.82, 2.24) is 0 Å². The Labute approximate surface area is 62.3 Å². The second-order valence-electron chi connectivity index (χ2n) is 0.963. The third-order valence-corrected chi connectivity index (χ3v) is 0.434. The molecule has 0 spiro atoms. The number of carbonyl (C=O) groups excluding carboxylic acids is 1. The molecule has 0 unspecified atom stereocenters. The van der Waals surface area contributed by atoms with Crippen molar-refractivity contribution < 1.29 is 35.7 Å². The molecule has 3 nitrogen and oxygen atoms in total. The van der Waals surface area contributed by atoms with Crippen LogP contribution in [0.5, 0.6) is 0 Å². The summed E-state index contributed by atoms with van der Waals surface area (Å²) in [5.41, 5.74) is 0. The molecule has 4 heteroatoms. The summed E-state index contributed by atoms with van der Waals surface area (Å²) >= 11 is 0.